The van der Waals surface area contributed by atoms with Crippen LogP contribution in [0.15, 0.2) is 71.6 Å². The van der Waals surface area contributed by atoms with E-state index in [0.717, 1.165) is 11.1 Å². The van der Waals surface area contributed by atoms with Crippen molar-refractivity contribution in [3.8, 4) is 5.75 Å². The van der Waals surface area contributed by atoms with Crippen molar-refractivity contribution in [3.05, 3.63) is 83.4 Å². The number of aryl methyl sites for hydroxylation is 2. The SMILES string of the molecule is Cc1cccc(S(=O)(=O)Nc2cc(C)ccc2N2CCCN(Cc3ccc(OC(F)(F)F)cc3)C2=O)c1. The van der Waals surface area contributed by atoms with E-state index < -0.39 is 16.4 Å². The molecule has 0 atom stereocenters. The number of hydrogen-bond donors (Lipinski definition) is 1. The van der Waals surface area contributed by atoms with Gasteiger partial charge in [-0.2, -0.15) is 0 Å². The quantitative estimate of drug-likeness (QED) is 0.414. The monoisotopic (exact) mass is 533 g/mol. The lowest BCUT2D eigenvalue weighted by Crippen LogP contribution is -2.49. The number of rotatable bonds is 7. The number of sulfonamides is 1. The zero-order chi connectivity index (χ0) is 26.8. The highest BCUT2D eigenvalue weighted by atomic mass is 32.2. The Morgan fingerprint density at radius 1 is 0.946 bits per heavy atom. The van der Waals surface area contributed by atoms with E-state index in [9.17, 15) is 26.4 Å². The zero-order valence-electron chi connectivity index (χ0n) is 20.2. The highest BCUT2D eigenvalue weighted by Crippen LogP contribution is 2.32. The first kappa shape index (κ1) is 26.3. The Balaban J connectivity index is 1.55. The summed E-state index contributed by atoms with van der Waals surface area (Å²) >= 11 is 0. The molecule has 196 valence electrons. The number of hydrogen-bond acceptors (Lipinski definition) is 4. The molecule has 7 nitrogen and oxygen atoms in total. The average Bonchev–Trinajstić information content (AvgIpc) is 2.81. The second-order valence-electron chi connectivity index (χ2n) is 8.84. The molecule has 0 unspecified atom stereocenters. The molecular weight excluding hydrogens is 507 g/mol. The number of ether oxygens (including phenoxy) is 1. The largest absolute Gasteiger partial charge is 0.573 e. The van der Waals surface area contributed by atoms with E-state index in [1.807, 2.05) is 6.92 Å². The average molecular weight is 534 g/mol. The Labute approximate surface area is 213 Å². The van der Waals surface area contributed by atoms with Gasteiger partial charge in [-0.3, -0.25) is 9.62 Å². The maximum absolute atomic E-state index is 13.4. The molecule has 1 N–H and O–H groups in total. The number of carbonyl (C=O) groups excluding carboxylic acids is 1. The summed E-state index contributed by atoms with van der Waals surface area (Å²) in [6.45, 7) is 4.64. The number of urea groups is 1. The van der Waals surface area contributed by atoms with E-state index in [0.29, 0.717) is 30.8 Å². The fourth-order valence-corrected chi connectivity index (χ4v) is 5.29. The van der Waals surface area contributed by atoms with Gasteiger partial charge < -0.3 is 9.64 Å². The van der Waals surface area contributed by atoms with Crippen molar-refractivity contribution >= 4 is 27.4 Å². The van der Waals surface area contributed by atoms with Crippen molar-refractivity contribution in [1.29, 1.82) is 0 Å². The van der Waals surface area contributed by atoms with Crippen LogP contribution < -0.4 is 14.4 Å². The van der Waals surface area contributed by atoms with Gasteiger partial charge in [0.1, 0.15) is 5.75 Å². The predicted octanol–water partition coefficient (Wildman–Crippen LogP) is 5.84. The van der Waals surface area contributed by atoms with Crippen LogP contribution in [0.1, 0.15) is 23.1 Å². The van der Waals surface area contributed by atoms with Gasteiger partial charge in [0.25, 0.3) is 10.0 Å². The van der Waals surface area contributed by atoms with Crippen molar-refractivity contribution in [2.75, 3.05) is 22.7 Å². The summed E-state index contributed by atoms with van der Waals surface area (Å²) in [5.41, 5.74) is 2.95. The van der Waals surface area contributed by atoms with Crippen LogP contribution >= 0.6 is 0 Å². The lowest BCUT2D eigenvalue weighted by Gasteiger charge is -2.36. The van der Waals surface area contributed by atoms with Crippen LogP contribution in [0.25, 0.3) is 0 Å². The molecule has 2 amide bonds. The van der Waals surface area contributed by atoms with Gasteiger partial charge >= 0.3 is 12.4 Å². The van der Waals surface area contributed by atoms with Crippen molar-refractivity contribution in [2.24, 2.45) is 0 Å². The van der Waals surface area contributed by atoms with Crippen LogP contribution in [-0.4, -0.2) is 38.8 Å². The van der Waals surface area contributed by atoms with E-state index >= 15 is 0 Å². The molecule has 1 aliphatic heterocycles. The number of nitrogens with one attached hydrogen (secondary N) is 1. The smallest absolute Gasteiger partial charge is 0.406 e. The molecule has 1 fully saturated rings. The fourth-order valence-electron chi connectivity index (χ4n) is 4.12. The molecule has 1 aliphatic rings. The van der Waals surface area contributed by atoms with Crippen molar-refractivity contribution in [2.45, 2.75) is 38.1 Å². The molecule has 11 heteroatoms. The van der Waals surface area contributed by atoms with Crippen LogP contribution in [0.3, 0.4) is 0 Å². The molecule has 0 radical (unpaired) electrons. The third kappa shape index (κ3) is 6.53. The second-order valence-corrected chi connectivity index (χ2v) is 10.5. The minimum atomic E-state index is -4.78. The molecule has 4 rings (SSSR count). The van der Waals surface area contributed by atoms with E-state index in [1.165, 1.54) is 35.2 Å². The van der Waals surface area contributed by atoms with Crippen LogP contribution in [-0.2, 0) is 16.6 Å². The first-order chi connectivity index (χ1) is 17.4. The normalized spacial score (nSPS) is 14.6. The summed E-state index contributed by atoms with van der Waals surface area (Å²) in [7, 11) is -3.90. The van der Waals surface area contributed by atoms with Crippen molar-refractivity contribution < 1.29 is 31.1 Å². The van der Waals surface area contributed by atoms with Gasteiger partial charge in [0.05, 0.1) is 16.3 Å². The van der Waals surface area contributed by atoms with E-state index in [2.05, 4.69) is 9.46 Å². The number of amides is 2. The number of alkyl halides is 3. The van der Waals surface area contributed by atoms with E-state index in [4.69, 9.17) is 0 Å². The van der Waals surface area contributed by atoms with Gasteiger partial charge in [0, 0.05) is 19.6 Å². The first-order valence-electron chi connectivity index (χ1n) is 11.5. The van der Waals surface area contributed by atoms with Gasteiger partial charge in [-0.15, -0.1) is 13.2 Å². The summed E-state index contributed by atoms with van der Waals surface area (Å²) < 4.78 is 70.0. The molecule has 0 aliphatic carbocycles. The topological polar surface area (TPSA) is 79.0 Å². The minimum Gasteiger partial charge on any atom is -0.406 e. The predicted molar refractivity (Wildman–Crippen MR) is 134 cm³/mol. The molecule has 1 heterocycles. The summed E-state index contributed by atoms with van der Waals surface area (Å²) in [6.07, 6.45) is -4.16. The van der Waals surface area contributed by atoms with Gasteiger partial charge in [-0.1, -0.05) is 30.3 Å². The molecule has 3 aromatic rings. The number of anilines is 2. The third-order valence-corrected chi connectivity index (χ3v) is 7.19. The maximum Gasteiger partial charge on any atom is 0.573 e. The molecule has 0 bridgehead atoms. The fraction of sp³-hybridized carbons (Fsp3) is 0.269. The lowest BCUT2D eigenvalue weighted by molar-refractivity contribution is -0.274. The molecule has 37 heavy (non-hydrogen) atoms. The third-order valence-electron chi connectivity index (χ3n) is 5.83. The van der Waals surface area contributed by atoms with Crippen LogP contribution in [0.2, 0.25) is 0 Å². The molecule has 0 spiro atoms. The number of benzene rings is 3. The molecule has 0 aromatic heterocycles. The Morgan fingerprint density at radius 3 is 2.32 bits per heavy atom. The lowest BCUT2D eigenvalue weighted by atomic mass is 10.1. The minimum absolute atomic E-state index is 0.115. The first-order valence-corrected chi connectivity index (χ1v) is 13.0. The molecule has 1 saturated heterocycles. The number of halogens is 3. The Kier molecular flexibility index (Phi) is 7.35. The molecule has 3 aromatic carbocycles. The van der Waals surface area contributed by atoms with Crippen LogP contribution in [0.4, 0.5) is 29.3 Å². The van der Waals surface area contributed by atoms with E-state index in [-0.39, 0.29) is 28.9 Å². The van der Waals surface area contributed by atoms with Crippen molar-refractivity contribution in [3.63, 3.8) is 0 Å². The number of nitrogens with zero attached hydrogens (tertiary/aromatic N) is 2. The summed E-state index contributed by atoms with van der Waals surface area (Å²) in [4.78, 5) is 16.6. The highest BCUT2D eigenvalue weighted by Gasteiger charge is 2.32. The Morgan fingerprint density at radius 2 is 1.65 bits per heavy atom. The summed E-state index contributed by atoms with van der Waals surface area (Å²) in [5.74, 6) is -0.340. The zero-order valence-corrected chi connectivity index (χ0v) is 21.1. The second kappa shape index (κ2) is 10.3. The molecular formula is C26H26F3N3O4S. The number of carbonyl (C=O) groups is 1. The van der Waals surface area contributed by atoms with Crippen LogP contribution in [0.5, 0.6) is 5.75 Å². The maximum atomic E-state index is 13.4. The standard InChI is InChI=1S/C26H26F3N3O4S/c1-18-5-3-6-22(15-18)37(34,35)30-23-16-19(2)7-12-24(23)32-14-4-13-31(25(32)33)17-20-8-10-21(11-9-20)36-26(27,28)29/h3,5-12,15-16,30H,4,13-14,17H2,1-2H3. The summed E-state index contributed by atoms with van der Waals surface area (Å²) in [5, 5.41) is 0. The van der Waals surface area contributed by atoms with Gasteiger partial charge in [-0.25, -0.2) is 13.2 Å². The Hall–Kier alpha value is -3.73. The Bertz CT molecular complexity index is 1390. The van der Waals surface area contributed by atoms with Crippen LogP contribution in [0, 0.1) is 13.8 Å². The highest BCUT2D eigenvalue weighted by molar-refractivity contribution is 7.92. The molecule has 0 saturated carbocycles. The van der Waals surface area contributed by atoms with Crippen molar-refractivity contribution in [1.82, 2.24) is 4.90 Å². The van der Waals surface area contributed by atoms with Gasteiger partial charge in [0.15, 0.2) is 0 Å². The van der Waals surface area contributed by atoms with Gasteiger partial charge in [-0.05, 0) is 73.4 Å². The van der Waals surface area contributed by atoms with E-state index in [1.54, 1.807) is 48.2 Å². The summed E-state index contributed by atoms with van der Waals surface area (Å²) in [6, 6.07) is 16.7. The van der Waals surface area contributed by atoms with Gasteiger partial charge in [0.2, 0.25) is 0 Å².